The Bertz CT molecular complexity index is 525. The fourth-order valence-corrected chi connectivity index (χ4v) is 2.07. The molecule has 1 aromatic carbocycles. The number of carbonyl (C=O) groups excluding carboxylic acids is 3. The van der Waals surface area contributed by atoms with E-state index in [0.29, 0.717) is 18.7 Å². The molecule has 20 heavy (non-hydrogen) atoms. The summed E-state index contributed by atoms with van der Waals surface area (Å²) in [4.78, 5) is 36.1. The summed E-state index contributed by atoms with van der Waals surface area (Å²) in [6, 6.07) is 6.88. The molecule has 0 aromatic heterocycles. The molecule has 1 fully saturated rings. The third-order valence-corrected chi connectivity index (χ3v) is 3.05. The molecular formula is C14H17N3O3. The number of rotatable bonds is 3. The quantitative estimate of drug-likeness (QED) is 0.804. The Labute approximate surface area is 117 Å². The van der Waals surface area contributed by atoms with Crippen molar-refractivity contribution in [2.45, 2.75) is 19.8 Å². The van der Waals surface area contributed by atoms with Crippen LogP contribution in [0, 0.1) is 0 Å². The third kappa shape index (κ3) is 3.14. The Balaban J connectivity index is 2.00. The molecule has 106 valence electrons. The van der Waals surface area contributed by atoms with Crippen LogP contribution in [-0.2, 0) is 14.4 Å². The standard InChI is InChI=1S/C14H17N3O3/c1-2-15-13(19)14(20)16-10-5-7-11(8-6-10)17-9-3-4-12(17)18/h5-8H,2-4,9H2,1H3,(H,15,19)(H,16,20). The number of hydrogen-bond acceptors (Lipinski definition) is 3. The molecule has 0 spiro atoms. The van der Waals surface area contributed by atoms with Crippen molar-refractivity contribution in [2.24, 2.45) is 0 Å². The predicted octanol–water partition coefficient (Wildman–Crippen LogP) is 0.888. The van der Waals surface area contributed by atoms with E-state index in [-0.39, 0.29) is 5.91 Å². The van der Waals surface area contributed by atoms with Gasteiger partial charge in [-0.25, -0.2) is 0 Å². The minimum Gasteiger partial charge on any atom is -0.348 e. The van der Waals surface area contributed by atoms with E-state index < -0.39 is 11.8 Å². The molecule has 0 atom stereocenters. The maximum atomic E-state index is 11.6. The normalized spacial score (nSPS) is 14.2. The SMILES string of the molecule is CCNC(=O)C(=O)Nc1ccc(N2CCCC2=O)cc1. The summed E-state index contributed by atoms with van der Waals surface area (Å²) in [7, 11) is 0. The molecule has 2 rings (SSSR count). The van der Waals surface area contributed by atoms with E-state index in [0.717, 1.165) is 18.7 Å². The first-order valence-electron chi connectivity index (χ1n) is 6.61. The maximum absolute atomic E-state index is 11.6. The highest BCUT2D eigenvalue weighted by atomic mass is 16.2. The van der Waals surface area contributed by atoms with Crippen LogP contribution in [0.3, 0.4) is 0 Å². The molecule has 1 heterocycles. The van der Waals surface area contributed by atoms with Crippen LogP contribution in [0.4, 0.5) is 11.4 Å². The van der Waals surface area contributed by atoms with E-state index in [1.54, 1.807) is 36.1 Å². The number of benzene rings is 1. The Morgan fingerprint density at radius 3 is 2.45 bits per heavy atom. The van der Waals surface area contributed by atoms with Gasteiger partial charge in [-0.05, 0) is 37.6 Å². The highest BCUT2D eigenvalue weighted by molar-refractivity contribution is 6.39. The Kier molecular flexibility index (Phi) is 4.34. The zero-order chi connectivity index (χ0) is 14.5. The molecule has 0 radical (unpaired) electrons. The lowest BCUT2D eigenvalue weighted by molar-refractivity contribution is -0.136. The van der Waals surface area contributed by atoms with Crippen LogP contribution < -0.4 is 15.5 Å². The Hall–Kier alpha value is -2.37. The monoisotopic (exact) mass is 275 g/mol. The molecule has 1 aliphatic heterocycles. The Morgan fingerprint density at radius 2 is 1.90 bits per heavy atom. The highest BCUT2D eigenvalue weighted by Gasteiger charge is 2.21. The average Bonchev–Trinajstić information content (AvgIpc) is 2.86. The van der Waals surface area contributed by atoms with Crippen molar-refractivity contribution >= 4 is 29.1 Å². The van der Waals surface area contributed by atoms with Crippen molar-refractivity contribution in [1.29, 1.82) is 0 Å². The fourth-order valence-electron chi connectivity index (χ4n) is 2.07. The zero-order valence-corrected chi connectivity index (χ0v) is 11.3. The van der Waals surface area contributed by atoms with Crippen molar-refractivity contribution in [3.8, 4) is 0 Å². The zero-order valence-electron chi connectivity index (χ0n) is 11.3. The lowest BCUT2D eigenvalue weighted by Gasteiger charge is -2.16. The van der Waals surface area contributed by atoms with Crippen LogP contribution >= 0.6 is 0 Å². The molecule has 1 aliphatic rings. The molecule has 1 aromatic rings. The number of anilines is 2. The fraction of sp³-hybridized carbons (Fsp3) is 0.357. The van der Waals surface area contributed by atoms with Crippen molar-refractivity contribution in [1.82, 2.24) is 5.32 Å². The number of hydrogen-bond donors (Lipinski definition) is 2. The number of nitrogens with one attached hydrogen (secondary N) is 2. The second kappa shape index (κ2) is 6.18. The largest absolute Gasteiger partial charge is 0.348 e. The van der Waals surface area contributed by atoms with Gasteiger partial charge in [-0.2, -0.15) is 0 Å². The lowest BCUT2D eigenvalue weighted by Crippen LogP contribution is -2.35. The van der Waals surface area contributed by atoms with Crippen molar-refractivity contribution in [3.05, 3.63) is 24.3 Å². The van der Waals surface area contributed by atoms with Gasteiger partial charge in [0.15, 0.2) is 0 Å². The number of nitrogens with zero attached hydrogens (tertiary/aromatic N) is 1. The summed E-state index contributed by atoms with van der Waals surface area (Å²) in [5, 5.41) is 4.92. The van der Waals surface area contributed by atoms with Gasteiger partial charge in [0.1, 0.15) is 0 Å². The van der Waals surface area contributed by atoms with Gasteiger partial charge < -0.3 is 15.5 Å². The summed E-state index contributed by atoms with van der Waals surface area (Å²) in [5.41, 5.74) is 1.33. The van der Waals surface area contributed by atoms with Gasteiger partial charge in [-0.3, -0.25) is 14.4 Å². The van der Waals surface area contributed by atoms with Gasteiger partial charge in [0, 0.05) is 30.9 Å². The first-order valence-corrected chi connectivity index (χ1v) is 6.61. The minimum absolute atomic E-state index is 0.115. The Morgan fingerprint density at radius 1 is 1.20 bits per heavy atom. The second-order valence-electron chi connectivity index (χ2n) is 4.51. The number of likely N-dealkylation sites (N-methyl/N-ethyl adjacent to an activating group) is 1. The molecule has 0 bridgehead atoms. The lowest BCUT2D eigenvalue weighted by atomic mass is 10.2. The molecule has 3 amide bonds. The molecule has 2 N–H and O–H groups in total. The molecule has 1 saturated heterocycles. The van der Waals surface area contributed by atoms with Crippen LogP contribution in [0.2, 0.25) is 0 Å². The summed E-state index contributed by atoms with van der Waals surface area (Å²) in [6.45, 7) is 2.87. The minimum atomic E-state index is -0.697. The van der Waals surface area contributed by atoms with Gasteiger partial charge in [-0.15, -0.1) is 0 Å². The third-order valence-electron chi connectivity index (χ3n) is 3.05. The van der Waals surface area contributed by atoms with E-state index >= 15 is 0 Å². The summed E-state index contributed by atoms with van der Waals surface area (Å²) in [6.07, 6.45) is 1.45. The molecule has 0 saturated carbocycles. The van der Waals surface area contributed by atoms with Gasteiger partial charge in [0.05, 0.1) is 0 Å². The van der Waals surface area contributed by atoms with Crippen molar-refractivity contribution in [2.75, 3.05) is 23.3 Å². The number of amides is 3. The number of carbonyl (C=O) groups is 3. The van der Waals surface area contributed by atoms with Crippen molar-refractivity contribution < 1.29 is 14.4 Å². The first kappa shape index (κ1) is 14.0. The summed E-state index contributed by atoms with van der Waals surface area (Å²) in [5.74, 6) is -1.24. The highest BCUT2D eigenvalue weighted by Crippen LogP contribution is 2.22. The van der Waals surface area contributed by atoms with E-state index in [1.807, 2.05) is 0 Å². The van der Waals surface area contributed by atoms with E-state index in [2.05, 4.69) is 10.6 Å². The van der Waals surface area contributed by atoms with E-state index in [1.165, 1.54) is 0 Å². The summed E-state index contributed by atoms with van der Waals surface area (Å²) < 4.78 is 0. The first-order chi connectivity index (χ1) is 9.61. The van der Waals surface area contributed by atoms with Crippen molar-refractivity contribution in [3.63, 3.8) is 0 Å². The second-order valence-corrected chi connectivity index (χ2v) is 4.51. The molecule has 6 heteroatoms. The van der Waals surface area contributed by atoms with Crippen LogP contribution in [0.1, 0.15) is 19.8 Å². The van der Waals surface area contributed by atoms with Crippen LogP contribution in [-0.4, -0.2) is 30.8 Å². The van der Waals surface area contributed by atoms with Crippen LogP contribution in [0.5, 0.6) is 0 Å². The van der Waals surface area contributed by atoms with Crippen LogP contribution in [0.15, 0.2) is 24.3 Å². The molecule has 0 unspecified atom stereocenters. The smallest absolute Gasteiger partial charge is 0.313 e. The summed E-state index contributed by atoms with van der Waals surface area (Å²) >= 11 is 0. The topological polar surface area (TPSA) is 78.5 Å². The van der Waals surface area contributed by atoms with Gasteiger partial charge in [-0.1, -0.05) is 0 Å². The van der Waals surface area contributed by atoms with E-state index in [4.69, 9.17) is 0 Å². The maximum Gasteiger partial charge on any atom is 0.313 e. The molecule has 0 aliphatic carbocycles. The average molecular weight is 275 g/mol. The van der Waals surface area contributed by atoms with Gasteiger partial charge in [0.25, 0.3) is 0 Å². The predicted molar refractivity (Wildman–Crippen MR) is 75.3 cm³/mol. The van der Waals surface area contributed by atoms with Crippen LogP contribution in [0.25, 0.3) is 0 Å². The molecule has 6 nitrogen and oxygen atoms in total. The van der Waals surface area contributed by atoms with Gasteiger partial charge >= 0.3 is 11.8 Å². The van der Waals surface area contributed by atoms with E-state index in [9.17, 15) is 14.4 Å². The van der Waals surface area contributed by atoms with Gasteiger partial charge in [0.2, 0.25) is 5.91 Å². The molecular weight excluding hydrogens is 258 g/mol.